The number of para-hydroxylation sites is 1. The van der Waals surface area contributed by atoms with Crippen LogP contribution >= 0.6 is 15.9 Å². The number of halogens is 1. The third kappa shape index (κ3) is 2.24. The third-order valence-corrected chi connectivity index (χ3v) is 3.03. The van der Waals surface area contributed by atoms with Gasteiger partial charge in [-0.15, -0.1) is 0 Å². The van der Waals surface area contributed by atoms with Crippen LogP contribution in [0.3, 0.4) is 0 Å². The zero-order chi connectivity index (χ0) is 13.1. The molecule has 1 heterocycles. The Morgan fingerprint density at radius 3 is 2.61 bits per heavy atom. The molecule has 2 aromatic rings. The van der Waals surface area contributed by atoms with Gasteiger partial charge in [-0.25, -0.2) is 9.97 Å². The van der Waals surface area contributed by atoms with E-state index in [4.69, 9.17) is 15.2 Å². The van der Waals surface area contributed by atoms with Crippen molar-refractivity contribution in [2.45, 2.75) is 0 Å². The summed E-state index contributed by atoms with van der Waals surface area (Å²) in [6.45, 7) is 0. The van der Waals surface area contributed by atoms with Crippen LogP contribution in [0.15, 0.2) is 28.9 Å². The molecule has 0 aliphatic carbocycles. The molecule has 0 saturated heterocycles. The Morgan fingerprint density at radius 2 is 2.00 bits per heavy atom. The Bertz CT molecular complexity index is 575. The van der Waals surface area contributed by atoms with Crippen LogP contribution in [0, 0.1) is 0 Å². The van der Waals surface area contributed by atoms with Crippen molar-refractivity contribution in [2.24, 2.45) is 0 Å². The first-order valence-corrected chi connectivity index (χ1v) is 5.96. The average Bonchev–Trinajstić information content (AvgIpc) is 2.40. The minimum Gasteiger partial charge on any atom is -0.493 e. The molecule has 6 heteroatoms. The first-order valence-electron chi connectivity index (χ1n) is 5.16. The van der Waals surface area contributed by atoms with Crippen molar-refractivity contribution >= 4 is 21.7 Å². The molecule has 18 heavy (non-hydrogen) atoms. The maximum atomic E-state index is 5.75. The summed E-state index contributed by atoms with van der Waals surface area (Å²) < 4.78 is 11.2. The molecule has 5 nitrogen and oxygen atoms in total. The predicted molar refractivity (Wildman–Crippen MR) is 72.7 cm³/mol. The lowest BCUT2D eigenvalue weighted by Gasteiger charge is -2.11. The lowest BCUT2D eigenvalue weighted by atomic mass is 10.1. The van der Waals surface area contributed by atoms with Crippen LogP contribution in [-0.2, 0) is 0 Å². The molecule has 0 saturated carbocycles. The summed E-state index contributed by atoms with van der Waals surface area (Å²) in [6, 6.07) is 5.51. The fraction of sp³-hybridized carbons (Fsp3) is 0.167. The van der Waals surface area contributed by atoms with E-state index in [0.29, 0.717) is 27.6 Å². The number of hydrogen-bond acceptors (Lipinski definition) is 5. The van der Waals surface area contributed by atoms with Crippen molar-refractivity contribution in [1.29, 1.82) is 0 Å². The number of benzene rings is 1. The number of nitrogen functional groups attached to an aromatic ring is 1. The van der Waals surface area contributed by atoms with Crippen molar-refractivity contribution in [3.8, 4) is 22.9 Å². The minimum atomic E-state index is 0.380. The quantitative estimate of drug-likeness (QED) is 0.943. The van der Waals surface area contributed by atoms with E-state index in [-0.39, 0.29) is 0 Å². The highest BCUT2D eigenvalue weighted by molar-refractivity contribution is 9.10. The monoisotopic (exact) mass is 309 g/mol. The van der Waals surface area contributed by atoms with Gasteiger partial charge < -0.3 is 15.2 Å². The minimum absolute atomic E-state index is 0.380. The van der Waals surface area contributed by atoms with E-state index in [1.165, 1.54) is 0 Å². The van der Waals surface area contributed by atoms with Gasteiger partial charge in [-0.1, -0.05) is 6.07 Å². The molecule has 94 valence electrons. The maximum Gasteiger partial charge on any atom is 0.171 e. The Labute approximate surface area is 113 Å². The molecule has 2 N–H and O–H groups in total. The molecule has 0 spiro atoms. The Balaban J connectivity index is 2.59. The van der Waals surface area contributed by atoms with Gasteiger partial charge >= 0.3 is 0 Å². The fourth-order valence-corrected chi connectivity index (χ4v) is 1.76. The normalized spacial score (nSPS) is 10.2. The molecule has 1 aromatic carbocycles. The first kappa shape index (κ1) is 12.6. The van der Waals surface area contributed by atoms with Gasteiger partial charge in [-0.05, 0) is 28.1 Å². The van der Waals surface area contributed by atoms with Crippen LogP contribution < -0.4 is 15.2 Å². The maximum absolute atomic E-state index is 5.75. The first-order chi connectivity index (χ1) is 8.67. The summed E-state index contributed by atoms with van der Waals surface area (Å²) >= 11 is 3.26. The molecular formula is C12H12BrN3O2. The number of nitrogens with zero attached hydrogens (tertiary/aromatic N) is 2. The summed E-state index contributed by atoms with van der Waals surface area (Å²) in [5, 5.41) is 0. The van der Waals surface area contributed by atoms with E-state index in [9.17, 15) is 0 Å². The van der Waals surface area contributed by atoms with E-state index >= 15 is 0 Å². The van der Waals surface area contributed by atoms with Crippen molar-refractivity contribution < 1.29 is 9.47 Å². The Kier molecular flexibility index (Phi) is 3.66. The van der Waals surface area contributed by atoms with Crippen molar-refractivity contribution in [2.75, 3.05) is 20.0 Å². The van der Waals surface area contributed by atoms with E-state index in [2.05, 4.69) is 25.9 Å². The van der Waals surface area contributed by atoms with Crippen LogP contribution in [0.1, 0.15) is 0 Å². The SMILES string of the molecule is COc1cccc(-c2ncc(Br)c(N)n2)c1OC. The number of methoxy groups -OCH3 is 2. The van der Waals surface area contributed by atoms with E-state index in [0.717, 1.165) is 5.56 Å². The summed E-state index contributed by atoms with van der Waals surface area (Å²) in [4.78, 5) is 8.43. The van der Waals surface area contributed by atoms with Crippen LogP contribution in [0.25, 0.3) is 11.4 Å². The predicted octanol–water partition coefficient (Wildman–Crippen LogP) is 2.51. The number of anilines is 1. The lowest BCUT2D eigenvalue weighted by Crippen LogP contribution is -1.99. The number of nitrogens with two attached hydrogens (primary N) is 1. The fourth-order valence-electron chi connectivity index (χ4n) is 1.57. The van der Waals surface area contributed by atoms with Gasteiger partial charge in [0.15, 0.2) is 17.3 Å². The largest absolute Gasteiger partial charge is 0.493 e. The van der Waals surface area contributed by atoms with Gasteiger partial charge in [0.1, 0.15) is 5.82 Å². The van der Waals surface area contributed by atoms with Crippen molar-refractivity contribution in [1.82, 2.24) is 9.97 Å². The van der Waals surface area contributed by atoms with E-state index in [1.807, 2.05) is 18.2 Å². The molecule has 0 unspecified atom stereocenters. The van der Waals surface area contributed by atoms with Crippen LogP contribution in [0.4, 0.5) is 5.82 Å². The number of rotatable bonds is 3. The molecule has 0 aliphatic rings. The van der Waals surface area contributed by atoms with Crippen molar-refractivity contribution in [3.05, 3.63) is 28.9 Å². The van der Waals surface area contributed by atoms with Crippen LogP contribution in [0.5, 0.6) is 11.5 Å². The topological polar surface area (TPSA) is 70.3 Å². The van der Waals surface area contributed by atoms with Gasteiger partial charge in [-0.3, -0.25) is 0 Å². The number of hydrogen-bond donors (Lipinski definition) is 1. The molecule has 0 atom stereocenters. The number of aromatic nitrogens is 2. The molecule has 0 aliphatic heterocycles. The number of ether oxygens (including phenoxy) is 2. The molecule has 2 rings (SSSR count). The smallest absolute Gasteiger partial charge is 0.171 e. The summed E-state index contributed by atoms with van der Waals surface area (Å²) in [6.07, 6.45) is 1.61. The molecule has 0 bridgehead atoms. The molecule has 0 radical (unpaired) electrons. The average molecular weight is 310 g/mol. The Morgan fingerprint density at radius 1 is 1.22 bits per heavy atom. The molecule has 0 fully saturated rings. The van der Waals surface area contributed by atoms with Crippen molar-refractivity contribution in [3.63, 3.8) is 0 Å². The summed E-state index contributed by atoms with van der Waals surface area (Å²) in [5.41, 5.74) is 6.48. The van der Waals surface area contributed by atoms with Crippen LogP contribution in [0.2, 0.25) is 0 Å². The molecule has 0 amide bonds. The second-order valence-electron chi connectivity index (χ2n) is 3.47. The highest BCUT2D eigenvalue weighted by atomic mass is 79.9. The van der Waals surface area contributed by atoms with Gasteiger partial charge in [0.05, 0.1) is 24.3 Å². The summed E-state index contributed by atoms with van der Waals surface area (Å²) in [5.74, 6) is 2.08. The highest BCUT2D eigenvalue weighted by Gasteiger charge is 2.14. The second kappa shape index (κ2) is 5.22. The lowest BCUT2D eigenvalue weighted by molar-refractivity contribution is 0.356. The standard InChI is InChI=1S/C12H12BrN3O2/c1-17-9-5-3-4-7(10(9)18-2)12-15-6-8(13)11(14)16-12/h3-6H,1-2H3,(H2,14,15,16). The highest BCUT2D eigenvalue weighted by Crippen LogP contribution is 2.36. The molecular weight excluding hydrogens is 298 g/mol. The second-order valence-corrected chi connectivity index (χ2v) is 4.32. The third-order valence-electron chi connectivity index (χ3n) is 2.42. The van der Waals surface area contributed by atoms with Crippen LogP contribution in [-0.4, -0.2) is 24.2 Å². The zero-order valence-corrected chi connectivity index (χ0v) is 11.6. The van der Waals surface area contributed by atoms with Gasteiger partial charge in [0, 0.05) is 6.20 Å². The van der Waals surface area contributed by atoms with Gasteiger partial charge in [-0.2, -0.15) is 0 Å². The van der Waals surface area contributed by atoms with Gasteiger partial charge in [0.25, 0.3) is 0 Å². The van der Waals surface area contributed by atoms with E-state index in [1.54, 1.807) is 20.4 Å². The van der Waals surface area contributed by atoms with Gasteiger partial charge in [0.2, 0.25) is 0 Å². The molecule has 1 aromatic heterocycles. The summed E-state index contributed by atoms with van der Waals surface area (Å²) in [7, 11) is 3.15. The zero-order valence-electron chi connectivity index (χ0n) is 9.98. The Hall–Kier alpha value is -1.82. The van der Waals surface area contributed by atoms with E-state index < -0.39 is 0 Å².